The van der Waals surface area contributed by atoms with E-state index in [4.69, 9.17) is 16.3 Å². The minimum atomic E-state index is 0. The molecule has 2 aromatic rings. The van der Waals surface area contributed by atoms with E-state index >= 15 is 0 Å². The van der Waals surface area contributed by atoms with Crippen molar-refractivity contribution in [2.45, 2.75) is 20.4 Å². The van der Waals surface area contributed by atoms with Gasteiger partial charge in [-0.25, -0.2) is 4.99 Å². The molecule has 0 fully saturated rings. The molecule has 25 heavy (non-hydrogen) atoms. The Hall–Kier alpha value is -1.55. The molecule has 0 atom stereocenters. The van der Waals surface area contributed by atoms with E-state index in [1.54, 1.807) is 6.07 Å². The van der Waals surface area contributed by atoms with Crippen LogP contribution in [0, 0.1) is 6.92 Å². The number of nitrogens with zero attached hydrogens (tertiary/aromatic N) is 4. The largest absolute Gasteiger partial charge is 0.490 e. The Labute approximate surface area is 170 Å². The molecule has 0 aliphatic rings. The van der Waals surface area contributed by atoms with Crippen LogP contribution < -0.4 is 15.4 Å². The highest BCUT2D eigenvalue weighted by molar-refractivity contribution is 14.0. The number of hydrogen-bond acceptors (Lipinski definition) is 4. The van der Waals surface area contributed by atoms with Crippen molar-refractivity contribution in [2.24, 2.45) is 12.0 Å². The Morgan fingerprint density at radius 1 is 1.28 bits per heavy atom. The zero-order valence-corrected chi connectivity index (χ0v) is 17.7. The second-order valence-electron chi connectivity index (χ2n) is 5.12. The van der Waals surface area contributed by atoms with Gasteiger partial charge in [0.05, 0.1) is 11.6 Å². The van der Waals surface area contributed by atoms with Crippen LogP contribution in [0.2, 0.25) is 5.02 Å². The number of nitrogens with one attached hydrogen (secondary N) is 2. The molecule has 1 aromatic heterocycles. The van der Waals surface area contributed by atoms with Gasteiger partial charge in [-0.1, -0.05) is 23.7 Å². The summed E-state index contributed by atoms with van der Waals surface area (Å²) in [7, 11) is 1.93. The number of benzene rings is 1. The first-order valence-electron chi connectivity index (χ1n) is 7.86. The van der Waals surface area contributed by atoms with Crippen molar-refractivity contribution in [2.75, 3.05) is 19.7 Å². The molecule has 0 radical (unpaired) electrons. The highest BCUT2D eigenvalue weighted by Crippen LogP contribution is 2.22. The average molecular weight is 479 g/mol. The number of hydrogen-bond donors (Lipinski definition) is 2. The number of rotatable bonds is 7. The zero-order valence-electron chi connectivity index (χ0n) is 14.6. The fourth-order valence-electron chi connectivity index (χ4n) is 1.97. The minimum Gasteiger partial charge on any atom is -0.490 e. The Bertz CT molecular complexity index is 691. The molecule has 9 heteroatoms. The van der Waals surface area contributed by atoms with Gasteiger partial charge < -0.3 is 19.9 Å². The predicted octanol–water partition coefficient (Wildman–Crippen LogP) is 2.53. The van der Waals surface area contributed by atoms with Gasteiger partial charge in [-0.2, -0.15) is 0 Å². The Balaban J connectivity index is 0.00000312. The van der Waals surface area contributed by atoms with Crippen LogP contribution in [-0.4, -0.2) is 40.4 Å². The molecule has 0 saturated heterocycles. The van der Waals surface area contributed by atoms with E-state index in [1.165, 1.54) is 0 Å². The summed E-state index contributed by atoms with van der Waals surface area (Å²) in [6.45, 7) is 6.25. The lowest BCUT2D eigenvalue weighted by molar-refractivity contribution is 0.322. The molecule has 2 rings (SSSR count). The Morgan fingerprint density at radius 3 is 2.68 bits per heavy atom. The van der Waals surface area contributed by atoms with Crippen molar-refractivity contribution >= 4 is 41.5 Å². The average Bonchev–Trinajstić information content (AvgIpc) is 2.89. The number of ether oxygens (including phenoxy) is 1. The van der Waals surface area contributed by atoms with Crippen molar-refractivity contribution in [1.29, 1.82) is 0 Å². The maximum atomic E-state index is 6.05. The molecular weight excluding hydrogens is 455 g/mol. The molecule has 1 aromatic carbocycles. The quantitative estimate of drug-likeness (QED) is 0.277. The molecule has 138 valence electrons. The highest BCUT2D eigenvalue weighted by Gasteiger charge is 2.05. The lowest BCUT2D eigenvalue weighted by Crippen LogP contribution is -2.39. The van der Waals surface area contributed by atoms with Gasteiger partial charge in [-0.15, -0.1) is 34.2 Å². The van der Waals surface area contributed by atoms with Crippen LogP contribution in [-0.2, 0) is 13.6 Å². The molecule has 0 bridgehead atoms. The molecular formula is C16H24ClIN6O. The van der Waals surface area contributed by atoms with E-state index in [9.17, 15) is 0 Å². The summed E-state index contributed by atoms with van der Waals surface area (Å²) in [5.74, 6) is 3.07. The predicted molar refractivity (Wildman–Crippen MR) is 111 cm³/mol. The summed E-state index contributed by atoms with van der Waals surface area (Å²) >= 11 is 6.05. The van der Waals surface area contributed by atoms with Crippen LogP contribution in [0.5, 0.6) is 5.75 Å². The fourth-order valence-corrected chi connectivity index (χ4v) is 2.16. The summed E-state index contributed by atoms with van der Waals surface area (Å²) < 4.78 is 7.57. The van der Waals surface area contributed by atoms with Crippen molar-refractivity contribution in [3.05, 3.63) is 40.9 Å². The smallest absolute Gasteiger partial charge is 0.191 e. The van der Waals surface area contributed by atoms with Crippen molar-refractivity contribution in [1.82, 2.24) is 25.4 Å². The van der Waals surface area contributed by atoms with Gasteiger partial charge in [-0.05, 0) is 26.0 Å². The maximum absolute atomic E-state index is 6.05. The van der Waals surface area contributed by atoms with E-state index in [0.29, 0.717) is 36.4 Å². The van der Waals surface area contributed by atoms with Crippen LogP contribution in [0.25, 0.3) is 0 Å². The van der Waals surface area contributed by atoms with Gasteiger partial charge in [0, 0.05) is 13.6 Å². The van der Waals surface area contributed by atoms with E-state index in [2.05, 4.69) is 25.8 Å². The first-order valence-corrected chi connectivity index (χ1v) is 8.24. The summed E-state index contributed by atoms with van der Waals surface area (Å²) in [6, 6.07) is 7.41. The molecule has 0 saturated carbocycles. The molecule has 0 aliphatic carbocycles. The first kappa shape index (κ1) is 21.5. The topological polar surface area (TPSA) is 76.4 Å². The summed E-state index contributed by atoms with van der Waals surface area (Å²) in [4.78, 5) is 4.51. The molecule has 0 amide bonds. The maximum Gasteiger partial charge on any atom is 0.191 e. The Morgan fingerprint density at radius 2 is 2.04 bits per heavy atom. The molecule has 0 unspecified atom stereocenters. The molecule has 2 N–H and O–H groups in total. The van der Waals surface area contributed by atoms with Crippen LogP contribution in [0.15, 0.2) is 29.3 Å². The number of aliphatic imine (C=N–C) groups is 1. The number of guanidine groups is 1. The molecule has 0 aliphatic heterocycles. The van der Waals surface area contributed by atoms with Gasteiger partial charge in [0.1, 0.15) is 24.7 Å². The first-order chi connectivity index (χ1) is 11.6. The summed E-state index contributed by atoms with van der Waals surface area (Å²) in [5, 5.41) is 15.1. The highest BCUT2D eigenvalue weighted by atomic mass is 127. The van der Waals surface area contributed by atoms with Gasteiger partial charge in [-0.3, -0.25) is 0 Å². The summed E-state index contributed by atoms with van der Waals surface area (Å²) in [5.41, 5.74) is 0. The third-order valence-electron chi connectivity index (χ3n) is 3.39. The van der Waals surface area contributed by atoms with Crippen LogP contribution in [0.1, 0.15) is 18.6 Å². The van der Waals surface area contributed by atoms with Gasteiger partial charge in [0.15, 0.2) is 11.8 Å². The van der Waals surface area contributed by atoms with Gasteiger partial charge in [0.2, 0.25) is 0 Å². The van der Waals surface area contributed by atoms with Crippen LogP contribution in [0.3, 0.4) is 0 Å². The molecule has 0 spiro atoms. The van der Waals surface area contributed by atoms with E-state index < -0.39 is 0 Å². The lowest BCUT2D eigenvalue weighted by atomic mass is 10.3. The standard InChI is InChI=1S/C16H23ClN6O.HI/c1-4-18-16(20-11-15-22-21-12(2)23(15)3)19-9-10-24-14-8-6-5-7-13(14)17;/h5-8H,4,9-11H2,1-3H3,(H2,18,19,20);1H. The summed E-state index contributed by atoms with van der Waals surface area (Å²) in [6.07, 6.45) is 0. The second kappa shape index (κ2) is 11.1. The zero-order chi connectivity index (χ0) is 17.4. The molecule has 1 heterocycles. The van der Waals surface area contributed by atoms with E-state index in [1.807, 2.05) is 43.7 Å². The van der Waals surface area contributed by atoms with E-state index in [-0.39, 0.29) is 24.0 Å². The van der Waals surface area contributed by atoms with E-state index in [0.717, 1.165) is 18.2 Å². The van der Waals surface area contributed by atoms with Gasteiger partial charge in [0.25, 0.3) is 0 Å². The number of aromatic nitrogens is 3. The number of aryl methyl sites for hydroxylation is 1. The Kier molecular flexibility index (Phi) is 9.58. The lowest BCUT2D eigenvalue weighted by Gasteiger charge is -2.12. The normalized spacial score (nSPS) is 11.0. The third-order valence-corrected chi connectivity index (χ3v) is 3.71. The van der Waals surface area contributed by atoms with Crippen LogP contribution >= 0.6 is 35.6 Å². The fraction of sp³-hybridized carbons (Fsp3) is 0.438. The van der Waals surface area contributed by atoms with Crippen molar-refractivity contribution < 1.29 is 4.74 Å². The number of halogens is 2. The third kappa shape index (κ3) is 6.69. The van der Waals surface area contributed by atoms with Gasteiger partial charge >= 0.3 is 0 Å². The van der Waals surface area contributed by atoms with Crippen molar-refractivity contribution in [3.63, 3.8) is 0 Å². The van der Waals surface area contributed by atoms with Crippen LogP contribution in [0.4, 0.5) is 0 Å². The van der Waals surface area contributed by atoms with Crippen molar-refractivity contribution in [3.8, 4) is 5.75 Å². The SMILES string of the molecule is CCNC(=NCc1nnc(C)n1C)NCCOc1ccccc1Cl.I. The second-order valence-corrected chi connectivity index (χ2v) is 5.53. The number of para-hydroxylation sites is 1. The monoisotopic (exact) mass is 478 g/mol. The minimum absolute atomic E-state index is 0. The molecule has 7 nitrogen and oxygen atoms in total.